The third kappa shape index (κ3) is 8.36. The molecule has 1 fully saturated rings. The number of rotatable bonds is 12. The molecule has 4 amide bonds. The first-order valence-electron chi connectivity index (χ1n) is 15.8. The van der Waals surface area contributed by atoms with Crippen LogP contribution in [0.25, 0.3) is 11.1 Å². The third-order valence-corrected chi connectivity index (χ3v) is 8.74. The van der Waals surface area contributed by atoms with E-state index in [2.05, 4.69) is 21.3 Å². The molecule has 2 unspecified atom stereocenters. The fourth-order valence-corrected chi connectivity index (χ4v) is 5.83. The Balaban J connectivity index is 1.76. The second-order valence-corrected chi connectivity index (χ2v) is 12.2. The quantitative estimate of drug-likeness (QED) is 0.118. The smallest absolute Gasteiger partial charge is 0.247 e. The first-order valence-corrected chi connectivity index (χ1v) is 15.8. The molecular formula is C32H46N8O7. The predicted octanol–water partition coefficient (Wildman–Crippen LogP) is -2.13. The molecule has 0 saturated heterocycles. The van der Waals surface area contributed by atoms with E-state index < -0.39 is 59.3 Å². The van der Waals surface area contributed by atoms with Crippen molar-refractivity contribution in [2.75, 3.05) is 26.2 Å². The molecule has 0 radical (unpaired) electrons. The molecule has 2 aromatic rings. The van der Waals surface area contributed by atoms with Crippen LogP contribution in [-0.2, 0) is 25.6 Å². The van der Waals surface area contributed by atoms with Crippen molar-refractivity contribution >= 4 is 23.6 Å². The van der Waals surface area contributed by atoms with Crippen LogP contribution in [0.15, 0.2) is 36.4 Å². The van der Waals surface area contributed by atoms with Crippen LogP contribution in [0.2, 0.25) is 0 Å². The standard InChI is InChI=1S/C32H46N8O7/c33-9-1-3-24(29(45)37-16-20(41)15-35)39-31(47)32-14-22(32)21-12-18(6-8-27(21)43)17-5-7-26(42)19(11-17)13-23(36)28(44)38-25(4-2-10-34)30(46)40-32/h5-8,11-12,20,22-25,41-43H,1-4,9-10,13-16,33-36H2,(H,37,45)(H,38,44)(H,39,47)(H,40,46)/t20?,22?,23-,24-,25-,32-/m0/s1. The first-order chi connectivity index (χ1) is 22.4. The zero-order chi connectivity index (χ0) is 34.3. The van der Waals surface area contributed by atoms with Gasteiger partial charge in [0.15, 0.2) is 0 Å². The van der Waals surface area contributed by atoms with Gasteiger partial charge in [0.1, 0.15) is 29.1 Å². The number of phenolic OH excluding ortho intramolecular Hbond substituents is 2. The topological polar surface area (TPSA) is 281 Å². The molecule has 15 N–H and O–H groups in total. The maximum atomic E-state index is 14.2. The van der Waals surface area contributed by atoms with Crippen molar-refractivity contribution in [3.63, 3.8) is 0 Å². The van der Waals surface area contributed by atoms with Crippen LogP contribution in [0.5, 0.6) is 11.5 Å². The van der Waals surface area contributed by atoms with Gasteiger partial charge in [0.25, 0.3) is 0 Å². The molecule has 0 aromatic heterocycles. The Hall–Kier alpha value is -4.28. The molecule has 1 saturated carbocycles. The summed E-state index contributed by atoms with van der Waals surface area (Å²) in [6.07, 6.45) is 0.173. The Kier molecular flexibility index (Phi) is 11.8. The number of carbonyl (C=O) groups excluding carboxylic acids is 4. The summed E-state index contributed by atoms with van der Waals surface area (Å²) in [5.41, 5.74) is 23.6. The number of carbonyl (C=O) groups is 4. The van der Waals surface area contributed by atoms with Crippen molar-refractivity contribution < 1.29 is 34.5 Å². The second-order valence-electron chi connectivity index (χ2n) is 12.2. The molecule has 2 aromatic carbocycles. The van der Waals surface area contributed by atoms with Crippen molar-refractivity contribution in [2.45, 2.75) is 74.2 Å². The number of aliphatic hydroxyl groups is 1. The number of phenols is 2. The lowest BCUT2D eigenvalue weighted by Gasteiger charge is -2.27. The van der Waals surface area contributed by atoms with Gasteiger partial charge in [-0.2, -0.15) is 0 Å². The molecule has 0 spiro atoms. The number of amides is 4. The van der Waals surface area contributed by atoms with Gasteiger partial charge >= 0.3 is 0 Å². The second kappa shape index (κ2) is 15.5. The lowest BCUT2D eigenvalue weighted by molar-refractivity contribution is -0.135. The zero-order valence-electron chi connectivity index (χ0n) is 26.2. The number of hydrogen-bond donors (Lipinski definition) is 11. The van der Waals surface area contributed by atoms with Crippen molar-refractivity contribution in [2.24, 2.45) is 22.9 Å². The maximum Gasteiger partial charge on any atom is 0.247 e. The van der Waals surface area contributed by atoms with E-state index in [-0.39, 0.29) is 63.4 Å². The van der Waals surface area contributed by atoms with E-state index >= 15 is 0 Å². The summed E-state index contributed by atoms with van der Waals surface area (Å²) in [5.74, 6) is -3.40. The number of nitrogens with one attached hydrogen (secondary N) is 4. The van der Waals surface area contributed by atoms with Gasteiger partial charge < -0.3 is 59.5 Å². The maximum absolute atomic E-state index is 14.2. The molecule has 1 heterocycles. The summed E-state index contributed by atoms with van der Waals surface area (Å²) in [4.78, 5) is 54.3. The third-order valence-electron chi connectivity index (χ3n) is 8.74. The van der Waals surface area contributed by atoms with E-state index in [1.54, 1.807) is 24.3 Å². The predicted molar refractivity (Wildman–Crippen MR) is 174 cm³/mol. The fraction of sp³-hybridized carbons (Fsp3) is 0.500. The molecule has 1 aliphatic heterocycles. The van der Waals surface area contributed by atoms with Crippen LogP contribution >= 0.6 is 0 Å². The highest BCUT2D eigenvalue weighted by molar-refractivity contribution is 6.00. The molecule has 4 rings (SSSR count). The van der Waals surface area contributed by atoms with Crippen LogP contribution in [0.1, 0.15) is 49.1 Å². The largest absolute Gasteiger partial charge is 0.508 e. The summed E-state index contributed by atoms with van der Waals surface area (Å²) >= 11 is 0. The van der Waals surface area contributed by atoms with Gasteiger partial charge in [-0.15, -0.1) is 0 Å². The Morgan fingerprint density at radius 3 is 2.34 bits per heavy atom. The van der Waals surface area contributed by atoms with Gasteiger partial charge in [-0.05, 0) is 86.1 Å². The molecule has 15 heteroatoms. The highest BCUT2D eigenvalue weighted by atomic mass is 16.3. The van der Waals surface area contributed by atoms with Crippen molar-refractivity contribution in [3.8, 4) is 22.6 Å². The van der Waals surface area contributed by atoms with E-state index in [1.807, 2.05) is 0 Å². The van der Waals surface area contributed by atoms with Gasteiger partial charge in [0.2, 0.25) is 23.6 Å². The molecular weight excluding hydrogens is 608 g/mol. The Morgan fingerprint density at radius 1 is 0.979 bits per heavy atom. The fourth-order valence-electron chi connectivity index (χ4n) is 5.83. The Labute approximate surface area is 272 Å². The van der Waals surface area contributed by atoms with Gasteiger partial charge in [-0.3, -0.25) is 19.2 Å². The summed E-state index contributed by atoms with van der Waals surface area (Å²) in [6.45, 7) is 0.286. The average molecular weight is 655 g/mol. The number of benzene rings is 2. The van der Waals surface area contributed by atoms with Crippen LogP contribution in [0.3, 0.4) is 0 Å². The Bertz CT molecular complexity index is 1470. The Morgan fingerprint density at radius 2 is 1.66 bits per heavy atom. The van der Waals surface area contributed by atoms with Gasteiger partial charge in [-0.25, -0.2) is 0 Å². The highest BCUT2D eigenvalue weighted by Gasteiger charge is 2.63. The number of hydrogen-bond acceptors (Lipinski definition) is 11. The minimum absolute atomic E-state index is 0.0226. The van der Waals surface area contributed by atoms with Crippen LogP contribution in [0, 0.1) is 0 Å². The molecule has 47 heavy (non-hydrogen) atoms. The van der Waals surface area contributed by atoms with E-state index in [0.29, 0.717) is 35.1 Å². The van der Waals surface area contributed by atoms with Crippen molar-refractivity contribution in [3.05, 3.63) is 47.5 Å². The normalized spacial score (nSPS) is 23.6. The molecule has 1 aliphatic carbocycles. The zero-order valence-corrected chi connectivity index (χ0v) is 26.2. The lowest BCUT2D eigenvalue weighted by Crippen LogP contribution is -2.60. The highest BCUT2D eigenvalue weighted by Crippen LogP contribution is 2.54. The molecule has 256 valence electrons. The summed E-state index contributed by atoms with van der Waals surface area (Å²) in [5, 5.41) is 42.2. The number of nitrogens with two attached hydrogens (primary N) is 4. The molecule has 4 bridgehead atoms. The van der Waals surface area contributed by atoms with Crippen molar-refractivity contribution in [1.29, 1.82) is 0 Å². The van der Waals surface area contributed by atoms with Crippen LogP contribution < -0.4 is 44.2 Å². The number of aliphatic hydroxyl groups excluding tert-OH is 1. The number of fused-ring (bicyclic) bond motifs is 7. The van der Waals surface area contributed by atoms with E-state index in [0.717, 1.165) is 0 Å². The van der Waals surface area contributed by atoms with Gasteiger partial charge in [0.05, 0.1) is 12.1 Å². The minimum Gasteiger partial charge on any atom is -0.508 e. The summed E-state index contributed by atoms with van der Waals surface area (Å²) in [6, 6.07) is 6.45. The summed E-state index contributed by atoms with van der Waals surface area (Å²) in [7, 11) is 0. The SMILES string of the molecule is NCCC[C@@H]1NC(=O)[C@@H](N)Cc2cc(ccc2O)-c2ccc(O)c(c2)C2C[C@]2(C(=O)N[C@@H](CCCN)C(=O)NCC(O)CN)NC1=O. The molecule has 15 nitrogen and oxygen atoms in total. The van der Waals surface area contributed by atoms with E-state index in [9.17, 15) is 34.5 Å². The van der Waals surface area contributed by atoms with Gasteiger partial charge in [0, 0.05) is 31.0 Å². The first kappa shape index (κ1) is 35.6. The number of aromatic hydroxyl groups is 2. The van der Waals surface area contributed by atoms with E-state index in [4.69, 9.17) is 22.9 Å². The molecule has 2 aliphatic rings. The summed E-state index contributed by atoms with van der Waals surface area (Å²) < 4.78 is 0. The minimum atomic E-state index is -1.60. The van der Waals surface area contributed by atoms with E-state index in [1.165, 1.54) is 12.1 Å². The average Bonchev–Trinajstić information content (AvgIpc) is 3.78. The lowest BCUT2D eigenvalue weighted by atomic mass is 9.95. The van der Waals surface area contributed by atoms with Gasteiger partial charge in [-0.1, -0.05) is 12.1 Å². The monoisotopic (exact) mass is 654 g/mol. The molecule has 6 atom stereocenters. The van der Waals surface area contributed by atoms with Crippen molar-refractivity contribution in [1.82, 2.24) is 21.3 Å². The van der Waals surface area contributed by atoms with Crippen LogP contribution in [-0.4, -0.2) is 94.9 Å². The van der Waals surface area contributed by atoms with Crippen LogP contribution in [0.4, 0.5) is 0 Å².